The van der Waals surface area contributed by atoms with Gasteiger partial charge >= 0.3 is 0 Å². The quantitative estimate of drug-likeness (QED) is 0.690. The van der Waals surface area contributed by atoms with Gasteiger partial charge in [-0.3, -0.25) is 0 Å². The number of nitrogens with two attached hydrogens (primary N) is 1. The molecule has 0 amide bonds. The molecule has 0 aromatic rings. The van der Waals surface area contributed by atoms with E-state index in [1.54, 1.807) is 6.92 Å². The lowest BCUT2D eigenvalue weighted by Gasteiger charge is -2.09. The third kappa shape index (κ3) is 2.75. The normalized spacial score (nSPS) is 20.8. The van der Waals surface area contributed by atoms with Crippen molar-refractivity contribution in [3.63, 3.8) is 0 Å². The second kappa shape index (κ2) is 3.75. The third-order valence-corrected chi connectivity index (χ3v) is 4.68. The lowest BCUT2D eigenvalue weighted by Crippen LogP contribution is -2.28. The van der Waals surface area contributed by atoms with Gasteiger partial charge in [0.25, 0.3) is 0 Å². The molecular weight excluding hydrogens is 174 g/mol. The fourth-order valence-corrected chi connectivity index (χ4v) is 2.44. The Hall–Kier alpha value is -0.0900. The van der Waals surface area contributed by atoms with Crippen LogP contribution in [0, 0.1) is 5.92 Å². The van der Waals surface area contributed by atoms with Crippen LogP contribution in [0.2, 0.25) is 0 Å². The second-order valence-electron chi connectivity index (χ2n) is 3.65. The molecule has 1 saturated carbocycles. The van der Waals surface area contributed by atoms with E-state index in [1.807, 2.05) is 0 Å². The summed E-state index contributed by atoms with van der Waals surface area (Å²) in [5.74, 6) is 1.01. The van der Waals surface area contributed by atoms with E-state index in [-0.39, 0.29) is 11.8 Å². The van der Waals surface area contributed by atoms with Gasteiger partial charge in [-0.25, -0.2) is 8.42 Å². The Labute approximate surface area is 74.3 Å². The molecule has 4 heteroatoms. The van der Waals surface area contributed by atoms with Crippen molar-refractivity contribution in [2.24, 2.45) is 11.7 Å². The van der Waals surface area contributed by atoms with Crippen LogP contribution in [0.1, 0.15) is 26.2 Å². The van der Waals surface area contributed by atoms with E-state index in [0.717, 1.165) is 6.42 Å². The maximum absolute atomic E-state index is 11.4. The molecular formula is C8H17NO2S. The van der Waals surface area contributed by atoms with E-state index in [1.165, 1.54) is 12.8 Å². The van der Waals surface area contributed by atoms with E-state index in [0.29, 0.717) is 11.7 Å². The van der Waals surface area contributed by atoms with Crippen LogP contribution in [0.25, 0.3) is 0 Å². The van der Waals surface area contributed by atoms with Gasteiger partial charge in [-0.1, -0.05) is 12.8 Å². The molecule has 0 saturated heterocycles. The Morgan fingerprint density at radius 2 is 2.08 bits per heavy atom. The Morgan fingerprint density at radius 1 is 1.50 bits per heavy atom. The highest BCUT2D eigenvalue weighted by atomic mass is 32.2. The summed E-state index contributed by atoms with van der Waals surface area (Å²) in [6.45, 7) is 1.93. The molecule has 1 aliphatic rings. The zero-order valence-electron chi connectivity index (χ0n) is 7.49. The molecule has 1 unspecified atom stereocenters. The summed E-state index contributed by atoms with van der Waals surface area (Å²) in [5.41, 5.74) is 5.30. The van der Waals surface area contributed by atoms with Crippen LogP contribution in [0.5, 0.6) is 0 Å². The van der Waals surface area contributed by atoms with Crippen LogP contribution in [-0.4, -0.2) is 26.0 Å². The minimum atomic E-state index is -2.89. The maximum atomic E-state index is 11.4. The summed E-state index contributed by atoms with van der Waals surface area (Å²) in [4.78, 5) is 0. The van der Waals surface area contributed by atoms with Crippen LogP contribution >= 0.6 is 0 Å². The molecule has 0 heterocycles. The van der Waals surface area contributed by atoms with Crippen LogP contribution < -0.4 is 5.73 Å². The first-order chi connectivity index (χ1) is 5.56. The van der Waals surface area contributed by atoms with Crippen molar-refractivity contribution in [2.45, 2.75) is 31.4 Å². The molecule has 1 aliphatic carbocycles. The van der Waals surface area contributed by atoms with Crippen molar-refractivity contribution in [1.29, 1.82) is 0 Å². The van der Waals surface area contributed by atoms with Crippen molar-refractivity contribution in [1.82, 2.24) is 0 Å². The Morgan fingerprint density at radius 3 is 2.50 bits per heavy atom. The van der Waals surface area contributed by atoms with Gasteiger partial charge in [-0.05, 0) is 19.3 Å². The third-order valence-electron chi connectivity index (χ3n) is 2.45. The highest BCUT2D eigenvalue weighted by Crippen LogP contribution is 2.32. The maximum Gasteiger partial charge on any atom is 0.154 e. The molecule has 0 radical (unpaired) electrons. The van der Waals surface area contributed by atoms with Crippen LogP contribution in [0.15, 0.2) is 0 Å². The van der Waals surface area contributed by atoms with Crippen molar-refractivity contribution < 1.29 is 8.42 Å². The first kappa shape index (κ1) is 9.99. The highest BCUT2D eigenvalue weighted by molar-refractivity contribution is 7.92. The summed E-state index contributed by atoms with van der Waals surface area (Å²) < 4.78 is 22.8. The molecule has 1 rings (SSSR count). The molecule has 0 spiro atoms. The van der Waals surface area contributed by atoms with Gasteiger partial charge in [0.15, 0.2) is 9.84 Å². The Kier molecular flexibility index (Phi) is 3.12. The molecule has 3 nitrogen and oxygen atoms in total. The van der Waals surface area contributed by atoms with E-state index in [9.17, 15) is 8.42 Å². The zero-order valence-corrected chi connectivity index (χ0v) is 8.31. The summed E-state index contributed by atoms with van der Waals surface area (Å²) in [5, 5.41) is -0.365. The minimum absolute atomic E-state index is 0.243. The minimum Gasteiger partial charge on any atom is -0.329 e. The number of hydrogen-bond acceptors (Lipinski definition) is 3. The van der Waals surface area contributed by atoms with Crippen molar-refractivity contribution in [3.8, 4) is 0 Å². The monoisotopic (exact) mass is 191 g/mol. The largest absolute Gasteiger partial charge is 0.329 e. The van der Waals surface area contributed by atoms with Crippen molar-refractivity contribution >= 4 is 9.84 Å². The Bertz CT molecular complexity index is 231. The molecule has 0 aliphatic heterocycles. The average Bonchev–Trinajstić information content (AvgIpc) is 2.82. The molecule has 1 atom stereocenters. The molecule has 12 heavy (non-hydrogen) atoms. The van der Waals surface area contributed by atoms with E-state index in [2.05, 4.69) is 0 Å². The summed E-state index contributed by atoms with van der Waals surface area (Å²) in [6.07, 6.45) is 3.27. The summed E-state index contributed by atoms with van der Waals surface area (Å²) in [6, 6.07) is 0. The predicted molar refractivity (Wildman–Crippen MR) is 49.6 cm³/mol. The van der Waals surface area contributed by atoms with Gasteiger partial charge < -0.3 is 5.73 Å². The molecule has 1 fully saturated rings. The number of rotatable bonds is 5. The van der Waals surface area contributed by atoms with Gasteiger partial charge in [-0.2, -0.15) is 0 Å². The standard InChI is InChI=1S/C8H17NO2S/c1-7(6-9)12(10,11)5-4-8-2-3-8/h7-8H,2-6,9H2,1H3. The van der Waals surface area contributed by atoms with Crippen molar-refractivity contribution in [2.75, 3.05) is 12.3 Å². The van der Waals surface area contributed by atoms with E-state index in [4.69, 9.17) is 5.73 Å². The Balaban J connectivity index is 2.35. The lowest BCUT2D eigenvalue weighted by atomic mass is 10.3. The van der Waals surface area contributed by atoms with E-state index >= 15 is 0 Å². The summed E-state index contributed by atoms with van der Waals surface area (Å²) in [7, 11) is -2.89. The second-order valence-corrected chi connectivity index (χ2v) is 6.18. The highest BCUT2D eigenvalue weighted by Gasteiger charge is 2.26. The van der Waals surface area contributed by atoms with Crippen LogP contribution in [0.3, 0.4) is 0 Å². The van der Waals surface area contributed by atoms with Crippen molar-refractivity contribution in [3.05, 3.63) is 0 Å². The fourth-order valence-electron chi connectivity index (χ4n) is 1.09. The predicted octanol–water partition coefficient (Wildman–Crippen LogP) is 0.548. The first-order valence-corrected chi connectivity index (χ1v) is 6.19. The van der Waals surface area contributed by atoms with E-state index < -0.39 is 9.84 Å². The van der Waals surface area contributed by atoms with Crippen LogP contribution in [0.4, 0.5) is 0 Å². The first-order valence-electron chi connectivity index (χ1n) is 4.48. The zero-order chi connectivity index (χ0) is 9.19. The number of hydrogen-bond donors (Lipinski definition) is 1. The van der Waals surface area contributed by atoms with Crippen LogP contribution in [-0.2, 0) is 9.84 Å². The average molecular weight is 191 g/mol. The van der Waals surface area contributed by atoms with Gasteiger partial charge in [0.1, 0.15) is 0 Å². The van der Waals surface area contributed by atoms with Gasteiger partial charge in [0.05, 0.1) is 11.0 Å². The smallest absolute Gasteiger partial charge is 0.154 e. The molecule has 2 N–H and O–H groups in total. The van der Waals surface area contributed by atoms with Gasteiger partial charge in [0, 0.05) is 6.54 Å². The molecule has 0 aromatic heterocycles. The molecule has 0 bridgehead atoms. The lowest BCUT2D eigenvalue weighted by molar-refractivity contribution is 0.578. The SMILES string of the molecule is CC(CN)S(=O)(=O)CCC1CC1. The van der Waals surface area contributed by atoms with Gasteiger partial charge in [0.2, 0.25) is 0 Å². The molecule has 72 valence electrons. The molecule has 0 aromatic carbocycles. The summed E-state index contributed by atoms with van der Waals surface area (Å²) >= 11 is 0. The number of sulfone groups is 1. The topological polar surface area (TPSA) is 60.2 Å². The fraction of sp³-hybridized carbons (Fsp3) is 1.00. The van der Waals surface area contributed by atoms with Gasteiger partial charge in [-0.15, -0.1) is 0 Å².